The molecule has 0 radical (unpaired) electrons. The van der Waals surface area contributed by atoms with Gasteiger partial charge in [-0.1, -0.05) is 11.6 Å². The van der Waals surface area contributed by atoms with Crippen LogP contribution in [0.1, 0.15) is 0 Å². The Labute approximate surface area is 162 Å². The molecule has 5 N–H and O–H groups in total. The normalized spacial score (nSPS) is 11.6. The Hall–Kier alpha value is -1.97. The number of rotatable bonds is 6. The van der Waals surface area contributed by atoms with Crippen LogP contribution < -0.4 is 15.6 Å². The molecule has 0 aliphatic carbocycles. The van der Waals surface area contributed by atoms with Gasteiger partial charge in [-0.15, -0.1) is 0 Å². The van der Waals surface area contributed by atoms with Gasteiger partial charge < -0.3 is 10.2 Å². The maximum absolute atomic E-state index is 10.9. The van der Waals surface area contributed by atoms with Crippen LogP contribution in [0.15, 0.2) is 34.8 Å². The van der Waals surface area contributed by atoms with Crippen molar-refractivity contribution in [1.29, 1.82) is 0 Å². The molecule has 0 bridgehead atoms. The number of nitrogens with one attached hydrogen (secondary N) is 1. The van der Waals surface area contributed by atoms with E-state index >= 15 is 0 Å². The van der Waals surface area contributed by atoms with Gasteiger partial charge in [0, 0.05) is 13.1 Å². The van der Waals surface area contributed by atoms with E-state index in [1.54, 1.807) is 0 Å². The molecule has 0 atom stereocenters. The Morgan fingerprint density at radius 2 is 1.44 bits per heavy atom. The number of aromatic nitrogens is 4. The van der Waals surface area contributed by atoms with Gasteiger partial charge in [0.25, 0.3) is 20.0 Å². The Morgan fingerprint density at radius 3 is 1.81 bits per heavy atom. The smallest absolute Gasteiger partial charge is 0.257 e. The predicted molar refractivity (Wildman–Crippen MR) is 98.9 cm³/mol. The van der Waals surface area contributed by atoms with Crippen molar-refractivity contribution in [1.82, 2.24) is 24.8 Å². The molecule has 0 fully saturated rings. The summed E-state index contributed by atoms with van der Waals surface area (Å²) in [6, 6.07) is 0. The highest BCUT2D eigenvalue weighted by molar-refractivity contribution is 7.89. The fourth-order valence-electron chi connectivity index (χ4n) is 1.41. The van der Waals surface area contributed by atoms with Gasteiger partial charge in [-0.2, -0.15) is 0 Å². The summed E-state index contributed by atoms with van der Waals surface area (Å²) >= 11 is 5.35. The molecule has 2 rings (SSSR count). The number of sulfonamides is 2. The van der Waals surface area contributed by atoms with Crippen LogP contribution in [0.2, 0.25) is 5.15 Å². The molecule has 2 aromatic heterocycles. The lowest BCUT2D eigenvalue weighted by Gasteiger charge is -2.10. The van der Waals surface area contributed by atoms with Gasteiger partial charge in [0.05, 0.1) is 24.8 Å². The number of primary sulfonamides is 2. The molecule has 15 heteroatoms. The average Bonchev–Trinajstić information content (AvgIpc) is 2.54. The molecular weight excluding hydrogens is 420 g/mol. The van der Waals surface area contributed by atoms with Crippen LogP contribution in [0, 0.1) is 0 Å². The molecule has 12 nitrogen and oxygen atoms in total. The first-order chi connectivity index (χ1) is 12.4. The number of nitrogens with two attached hydrogens (primary N) is 2. The highest BCUT2D eigenvalue weighted by Gasteiger charge is 2.09. The van der Waals surface area contributed by atoms with Gasteiger partial charge in [-0.3, -0.25) is 0 Å². The number of halogens is 1. The van der Waals surface area contributed by atoms with E-state index in [1.807, 2.05) is 19.0 Å². The maximum atomic E-state index is 10.9. The maximum Gasteiger partial charge on any atom is 0.257 e. The van der Waals surface area contributed by atoms with Crippen molar-refractivity contribution in [2.45, 2.75) is 10.1 Å². The Balaban J connectivity index is 0.000000289. The minimum atomic E-state index is -3.76. The van der Waals surface area contributed by atoms with Crippen LogP contribution in [-0.2, 0) is 20.0 Å². The third-order valence-corrected chi connectivity index (χ3v) is 4.46. The standard InChI is InChI=1S/C8H15N5O2S.C4H4ClN3O2S/c1-13(2)4-3-10-7-5-12-8(6-11-7)16(9,14)15;5-3-1-8-4(2-7-3)11(6,9)10/h5-6H,3-4H2,1-2H3,(H,10,11)(H2,9,14,15);1-2H,(H2,6,9,10). The molecule has 0 amide bonds. The SMILES string of the molecule is CN(C)CCNc1cnc(S(N)(=O)=O)cn1.NS(=O)(=O)c1cnc(Cl)cn1. The second-order valence-corrected chi connectivity index (χ2v) is 8.64. The first kappa shape index (κ1) is 23.1. The molecule has 2 aromatic rings. The molecule has 0 aliphatic rings. The molecular formula is C12H19ClN8O4S2. The van der Waals surface area contributed by atoms with Crippen molar-refractivity contribution < 1.29 is 16.8 Å². The first-order valence-corrected chi connectivity index (χ1v) is 10.6. The van der Waals surface area contributed by atoms with E-state index in [-0.39, 0.29) is 15.2 Å². The largest absolute Gasteiger partial charge is 0.368 e. The van der Waals surface area contributed by atoms with Gasteiger partial charge in [0.15, 0.2) is 10.1 Å². The number of likely N-dealkylation sites (N-methyl/N-ethyl adjacent to an activating group) is 1. The van der Waals surface area contributed by atoms with Crippen molar-refractivity contribution >= 4 is 37.5 Å². The second-order valence-electron chi connectivity index (χ2n) is 5.24. The predicted octanol–water partition coefficient (Wildman–Crippen LogP) is -1.13. The lowest BCUT2D eigenvalue weighted by atomic mass is 10.5. The number of hydrogen-bond acceptors (Lipinski definition) is 10. The third kappa shape index (κ3) is 8.98. The third-order valence-electron chi connectivity index (χ3n) is 2.67. The van der Waals surface area contributed by atoms with Crippen LogP contribution in [0.4, 0.5) is 5.82 Å². The summed E-state index contributed by atoms with van der Waals surface area (Å²) in [6.07, 6.45) is 4.59. The van der Waals surface area contributed by atoms with Gasteiger partial charge >= 0.3 is 0 Å². The lowest BCUT2D eigenvalue weighted by molar-refractivity contribution is 0.425. The molecule has 0 spiro atoms. The highest BCUT2D eigenvalue weighted by Crippen LogP contribution is 2.04. The topological polar surface area (TPSA) is 187 Å². The van der Waals surface area contributed by atoms with Crippen LogP contribution in [-0.4, -0.2) is 68.9 Å². The summed E-state index contributed by atoms with van der Waals surface area (Å²) in [5.41, 5.74) is 0. The summed E-state index contributed by atoms with van der Waals surface area (Å²) in [5.74, 6) is 0.522. The second kappa shape index (κ2) is 9.82. The van der Waals surface area contributed by atoms with Crippen LogP contribution in [0.3, 0.4) is 0 Å². The molecule has 0 saturated carbocycles. The molecule has 0 aliphatic heterocycles. The van der Waals surface area contributed by atoms with E-state index in [0.29, 0.717) is 12.4 Å². The molecule has 0 unspecified atom stereocenters. The molecule has 150 valence electrons. The van der Waals surface area contributed by atoms with E-state index < -0.39 is 20.0 Å². The van der Waals surface area contributed by atoms with E-state index in [2.05, 4.69) is 25.3 Å². The van der Waals surface area contributed by atoms with Crippen LogP contribution >= 0.6 is 11.6 Å². The van der Waals surface area contributed by atoms with Gasteiger partial charge in [-0.05, 0) is 14.1 Å². The van der Waals surface area contributed by atoms with Crippen molar-refractivity contribution in [3.05, 3.63) is 29.9 Å². The Kier molecular flexibility index (Phi) is 8.39. The van der Waals surface area contributed by atoms with Crippen molar-refractivity contribution in [3.63, 3.8) is 0 Å². The van der Waals surface area contributed by atoms with Crippen molar-refractivity contribution in [2.24, 2.45) is 10.3 Å². The zero-order valence-corrected chi connectivity index (χ0v) is 16.8. The quantitative estimate of drug-likeness (QED) is 0.498. The van der Waals surface area contributed by atoms with Crippen molar-refractivity contribution in [3.8, 4) is 0 Å². The molecule has 0 aromatic carbocycles. The number of nitrogens with zero attached hydrogens (tertiary/aromatic N) is 5. The minimum Gasteiger partial charge on any atom is -0.368 e. The van der Waals surface area contributed by atoms with E-state index in [4.69, 9.17) is 21.9 Å². The summed E-state index contributed by atoms with van der Waals surface area (Å²) < 4.78 is 42.9. The Bertz CT molecular complexity index is 934. The summed E-state index contributed by atoms with van der Waals surface area (Å²) in [5, 5.41) is 12.2. The Morgan fingerprint density at radius 1 is 0.926 bits per heavy atom. The van der Waals surface area contributed by atoms with E-state index in [9.17, 15) is 16.8 Å². The molecule has 0 saturated heterocycles. The summed E-state index contributed by atoms with van der Waals surface area (Å²) in [6.45, 7) is 1.55. The molecule has 2 heterocycles. The van der Waals surface area contributed by atoms with Crippen LogP contribution in [0.5, 0.6) is 0 Å². The zero-order chi connectivity index (χ0) is 20.7. The van der Waals surface area contributed by atoms with E-state index in [0.717, 1.165) is 25.1 Å². The monoisotopic (exact) mass is 438 g/mol. The first-order valence-electron chi connectivity index (χ1n) is 7.13. The number of hydrogen-bond donors (Lipinski definition) is 3. The fourth-order valence-corrected chi connectivity index (χ4v) is 2.31. The van der Waals surface area contributed by atoms with Gasteiger partial charge in [0.2, 0.25) is 0 Å². The minimum absolute atomic E-state index is 0.123. The lowest BCUT2D eigenvalue weighted by Crippen LogP contribution is -2.21. The van der Waals surface area contributed by atoms with Crippen molar-refractivity contribution in [2.75, 3.05) is 32.5 Å². The van der Waals surface area contributed by atoms with E-state index in [1.165, 1.54) is 6.20 Å². The van der Waals surface area contributed by atoms with Crippen LogP contribution in [0.25, 0.3) is 0 Å². The fraction of sp³-hybridized carbons (Fsp3) is 0.333. The van der Waals surface area contributed by atoms with Gasteiger partial charge in [0.1, 0.15) is 11.0 Å². The highest BCUT2D eigenvalue weighted by atomic mass is 35.5. The number of anilines is 1. The summed E-state index contributed by atoms with van der Waals surface area (Å²) in [7, 11) is -3.60. The summed E-state index contributed by atoms with van der Waals surface area (Å²) in [4.78, 5) is 16.5. The van der Waals surface area contributed by atoms with Gasteiger partial charge in [-0.25, -0.2) is 47.0 Å². The zero-order valence-electron chi connectivity index (χ0n) is 14.4. The average molecular weight is 439 g/mol. The molecule has 27 heavy (non-hydrogen) atoms.